The number of nitrogens with one attached hydrogen (secondary N) is 1. The third-order valence-corrected chi connectivity index (χ3v) is 3.68. The molecule has 2 rings (SSSR count). The van der Waals surface area contributed by atoms with E-state index in [1.807, 2.05) is 0 Å². The van der Waals surface area contributed by atoms with Gasteiger partial charge in [-0.2, -0.15) is 8.78 Å². The Balaban J connectivity index is 2.33. The van der Waals surface area contributed by atoms with Crippen LogP contribution in [0.15, 0.2) is 46.0 Å². The van der Waals surface area contributed by atoms with E-state index in [-0.39, 0.29) is 0 Å². The van der Waals surface area contributed by atoms with Crippen LogP contribution in [0, 0.1) is 0 Å². The smallest absolute Gasteiger partial charge is 0.288 e. The van der Waals surface area contributed by atoms with Gasteiger partial charge in [-0.15, -0.1) is 0 Å². The van der Waals surface area contributed by atoms with Gasteiger partial charge in [-0.25, -0.2) is 0 Å². The summed E-state index contributed by atoms with van der Waals surface area (Å²) in [6.45, 7) is 0. The van der Waals surface area contributed by atoms with E-state index in [9.17, 15) is 8.78 Å². The number of halogens is 3. The van der Waals surface area contributed by atoms with Gasteiger partial charge in [-0.1, -0.05) is 23.9 Å². The molecular weight excluding hydrogens is 336 g/mol. The summed E-state index contributed by atoms with van der Waals surface area (Å²) >= 11 is 3.81. The second kappa shape index (κ2) is 6.21. The maximum Gasteiger partial charge on any atom is 0.288 e. The van der Waals surface area contributed by atoms with E-state index >= 15 is 0 Å². The summed E-state index contributed by atoms with van der Waals surface area (Å²) in [6, 6.07) is 6.82. The van der Waals surface area contributed by atoms with Crippen LogP contribution < -0.4 is 11.1 Å². The normalized spacial score (nSPS) is 10.7. The topological polar surface area (TPSA) is 50.9 Å². The number of anilines is 3. The number of aromatic nitrogens is 1. The first-order valence-corrected chi connectivity index (χ1v) is 6.95. The largest absolute Gasteiger partial charge is 0.396 e. The van der Waals surface area contributed by atoms with Crippen molar-refractivity contribution in [3.63, 3.8) is 0 Å². The second-order valence-electron chi connectivity index (χ2n) is 3.59. The summed E-state index contributed by atoms with van der Waals surface area (Å²) in [5, 5.41) is 3.05. The Morgan fingerprint density at radius 1 is 1.26 bits per heavy atom. The van der Waals surface area contributed by atoms with Crippen LogP contribution in [0.1, 0.15) is 0 Å². The highest BCUT2D eigenvalue weighted by Crippen LogP contribution is 2.36. The molecule has 0 spiro atoms. The molecule has 3 nitrogen and oxygen atoms in total. The lowest BCUT2D eigenvalue weighted by Crippen LogP contribution is -1.99. The average molecular weight is 346 g/mol. The van der Waals surface area contributed by atoms with Crippen molar-refractivity contribution in [1.82, 2.24) is 4.98 Å². The maximum absolute atomic E-state index is 12.5. The number of nitrogens with zero attached hydrogens (tertiary/aromatic N) is 1. The summed E-state index contributed by atoms with van der Waals surface area (Å²) in [6.07, 6.45) is 3.08. The number of benzene rings is 1. The molecule has 3 N–H and O–H groups in total. The molecule has 7 heteroatoms. The fraction of sp³-hybridized carbons (Fsp3) is 0.0833. The molecule has 0 aliphatic heterocycles. The Kier molecular flexibility index (Phi) is 4.60. The van der Waals surface area contributed by atoms with E-state index in [0.29, 0.717) is 38.2 Å². The molecule has 0 amide bonds. The molecule has 0 fully saturated rings. The lowest BCUT2D eigenvalue weighted by atomic mass is 10.3. The van der Waals surface area contributed by atoms with Crippen LogP contribution in [-0.4, -0.2) is 10.7 Å². The van der Waals surface area contributed by atoms with Crippen LogP contribution in [0.25, 0.3) is 0 Å². The number of rotatable bonds is 4. The zero-order valence-corrected chi connectivity index (χ0v) is 12.0. The Morgan fingerprint density at radius 3 is 2.68 bits per heavy atom. The number of alkyl halides is 2. The molecular formula is C12H10BrF2N3S. The van der Waals surface area contributed by atoms with Crippen molar-refractivity contribution in [2.75, 3.05) is 11.1 Å². The third kappa shape index (κ3) is 3.57. The number of hydrogen-bond donors (Lipinski definition) is 2. The second-order valence-corrected chi connectivity index (χ2v) is 5.47. The van der Waals surface area contributed by atoms with Crippen LogP contribution in [0.4, 0.5) is 25.8 Å². The first kappa shape index (κ1) is 14.1. The highest BCUT2D eigenvalue weighted by molar-refractivity contribution is 9.10. The Bertz CT molecular complexity index is 560. The number of pyridine rings is 1. The number of nitrogens with two attached hydrogens (primary N) is 1. The molecule has 0 aliphatic carbocycles. The van der Waals surface area contributed by atoms with E-state index in [1.54, 1.807) is 30.5 Å². The molecule has 0 saturated heterocycles. The number of thioether (sulfide) groups is 1. The van der Waals surface area contributed by atoms with E-state index in [1.165, 1.54) is 6.20 Å². The minimum atomic E-state index is -2.47. The van der Waals surface area contributed by atoms with E-state index < -0.39 is 5.76 Å². The van der Waals surface area contributed by atoms with Crippen LogP contribution >= 0.6 is 27.7 Å². The maximum atomic E-state index is 12.5. The lowest BCUT2D eigenvalue weighted by Gasteiger charge is -2.14. The Hall–Kier alpha value is -1.34. The highest BCUT2D eigenvalue weighted by Gasteiger charge is 2.12. The zero-order chi connectivity index (χ0) is 13.8. The van der Waals surface area contributed by atoms with Crippen molar-refractivity contribution >= 4 is 44.8 Å². The Labute approximate surface area is 121 Å². The highest BCUT2D eigenvalue weighted by atomic mass is 79.9. The van der Waals surface area contributed by atoms with Crippen molar-refractivity contribution in [3.05, 3.63) is 41.1 Å². The van der Waals surface area contributed by atoms with Gasteiger partial charge in [0.1, 0.15) is 0 Å². The monoisotopic (exact) mass is 345 g/mol. The predicted octanol–water partition coefficient (Wildman–Crippen LogP) is 4.48. The van der Waals surface area contributed by atoms with Crippen LogP contribution in [0.3, 0.4) is 0 Å². The molecule has 1 heterocycles. The zero-order valence-electron chi connectivity index (χ0n) is 9.61. The van der Waals surface area contributed by atoms with Gasteiger partial charge < -0.3 is 11.1 Å². The van der Waals surface area contributed by atoms with Crippen molar-refractivity contribution < 1.29 is 8.78 Å². The first-order valence-electron chi connectivity index (χ1n) is 5.28. The van der Waals surface area contributed by atoms with E-state index in [0.717, 1.165) is 0 Å². The molecule has 1 aromatic carbocycles. The molecule has 0 unspecified atom stereocenters. The molecule has 0 aliphatic rings. The third-order valence-electron chi connectivity index (χ3n) is 2.29. The van der Waals surface area contributed by atoms with Gasteiger partial charge >= 0.3 is 0 Å². The summed E-state index contributed by atoms with van der Waals surface area (Å²) in [7, 11) is 0. The van der Waals surface area contributed by atoms with Crippen LogP contribution in [0.2, 0.25) is 0 Å². The van der Waals surface area contributed by atoms with Crippen molar-refractivity contribution in [1.29, 1.82) is 0 Å². The molecule has 2 aromatic rings. The molecule has 0 bridgehead atoms. The van der Waals surface area contributed by atoms with Crippen molar-refractivity contribution in [3.8, 4) is 0 Å². The standard InChI is InChI=1S/C12H10BrF2N3S/c13-7-5-17-6-8(16)11(7)18-9-3-1-2-4-10(9)19-12(14)15/h1-6,12H,16H2,(H,17,18). The van der Waals surface area contributed by atoms with Gasteiger partial charge in [-0.05, 0) is 28.1 Å². The number of hydrogen-bond acceptors (Lipinski definition) is 4. The number of para-hydroxylation sites is 1. The fourth-order valence-electron chi connectivity index (χ4n) is 1.49. The summed E-state index contributed by atoms with van der Waals surface area (Å²) in [5.41, 5.74) is 7.43. The van der Waals surface area contributed by atoms with Gasteiger partial charge in [0.25, 0.3) is 5.76 Å². The minimum Gasteiger partial charge on any atom is -0.396 e. The molecule has 100 valence electrons. The first-order chi connectivity index (χ1) is 9.08. The van der Waals surface area contributed by atoms with Gasteiger partial charge in [0.2, 0.25) is 0 Å². The van der Waals surface area contributed by atoms with E-state index in [4.69, 9.17) is 5.73 Å². The quantitative estimate of drug-likeness (QED) is 0.802. The summed E-state index contributed by atoms with van der Waals surface area (Å²) < 4.78 is 25.6. The minimum absolute atomic E-state index is 0.436. The summed E-state index contributed by atoms with van der Waals surface area (Å²) in [5.74, 6) is -2.47. The van der Waals surface area contributed by atoms with Crippen LogP contribution in [-0.2, 0) is 0 Å². The summed E-state index contributed by atoms with van der Waals surface area (Å²) in [4.78, 5) is 4.38. The van der Waals surface area contributed by atoms with Gasteiger partial charge in [0.15, 0.2) is 0 Å². The predicted molar refractivity (Wildman–Crippen MR) is 77.9 cm³/mol. The van der Waals surface area contributed by atoms with Gasteiger partial charge in [0, 0.05) is 11.1 Å². The SMILES string of the molecule is Nc1cncc(Br)c1Nc1ccccc1SC(F)F. The van der Waals surface area contributed by atoms with E-state index in [2.05, 4.69) is 26.2 Å². The molecule has 19 heavy (non-hydrogen) atoms. The molecule has 1 aromatic heterocycles. The molecule has 0 atom stereocenters. The Morgan fingerprint density at radius 2 is 2.00 bits per heavy atom. The van der Waals surface area contributed by atoms with Crippen LogP contribution in [0.5, 0.6) is 0 Å². The van der Waals surface area contributed by atoms with Crippen molar-refractivity contribution in [2.24, 2.45) is 0 Å². The van der Waals surface area contributed by atoms with Gasteiger partial charge in [0.05, 0.1) is 27.7 Å². The number of nitrogen functional groups attached to an aromatic ring is 1. The molecule has 0 radical (unpaired) electrons. The lowest BCUT2D eigenvalue weighted by molar-refractivity contribution is 0.252. The van der Waals surface area contributed by atoms with Crippen molar-refractivity contribution in [2.45, 2.75) is 10.7 Å². The molecule has 0 saturated carbocycles. The fourth-order valence-corrected chi connectivity index (χ4v) is 2.53. The van der Waals surface area contributed by atoms with Gasteiger partial charge in [-0.3, -0.25) is 4.98 Å². The average Bonchev–Trinajstić information content (AvgIpc) is 2.35.